The summed E-state index contributed by atoms with van der Waals surface area (Å²) in [6, 6.07) is 0. The van der Waals surface area contributed by atoms with Gasteiger partial charge >= 0.3 is 128 Å². The van der Waals surface area contributed by atoms with Gasteiger partial charge < -0.3 is 0 Å². The summed E-state index contributed by atoms with van der Waals surface area (Å²) in [4.78, 5) is 9.27. The van der Waals surface area contributed by atoms with E-state index < -0.39 is 0 Å². The molecule has 0 saturated carbocycles. The van der Waals surface area contributed by atoms with Crippen LogP contribution < -0.4 is 10.2 Å². The quantitative estimate of drug-likeness (QED) is 0.790. The molecule has 0 atom stereocenters. The van der Waals surface area contributed by atoms with E-state index in [0.29, 0.717) is 19.8 Å². The Hall–Kier alpha value is -0.902. The van der Waals surface area contributed by atoms with Gasteiger partial charge in [-0.3, -0.25) is 0 Å². The first kappa shape index (κ1) is 15.5. The number of aryl methyl sites for hydroxylation is 3. The number of imidazole rings is 1. The topological polar surface area (TPSA) is 66.0 Å². The van der Waals surface area contributed by atoms with Gasteiger partial charge in [0.15, 0.2) is 0 Å². The zero-order chi connectivity index (χ0) is 14.7. The van der Waals surface area contributed by atoms with Crippen LogP contribution in [0.1, 0.15) is 30.4 Å². The van der Waals surface area contributed by atoms with Crippen molar-refractivity contribution in [1.29, 1.82) is 0 Å². The van der Waals surface area contributed by atoms with Crippen molar-refractivity contribution in [1.82, 2.24) is 14.5 Å². The van der Waals surface area contributed by atoms with E-state index in [2.05, 4.69) is 33.3 Å². The predicted octanol–water partition coefficient (Wildman–Crippen LogP) is 0.727. The van der Waals surface area contributed by atoms with Crippen LogP contribution in [0.3, 0.4) is 0 Å². The van der Waals surface area contributed by atoms with Crippen LogP contribution in [0.2, 0.25) is 0 Å². The second-order valence-corrected chi connectivity index (χ2v) is 5.69. The SMILES string of the molecule is CCOCc1nc2c([As])nc(C)c(C)c2n1CCCN. The van der Waals surface area contributed by atoms with Crippen molar-refractivity contribution in [2.24, 2.45) is 5.73 Å². The Morgan fingerprint density at radius 1 is 1.30 bits per heavy atom. The average Bonchev–Trinajstić information content (AvgIpc) is 2.79. The number of nitrogens with two attached hydrogens (primary N) is 1. The fourth-order valence-corrected chi connectivity index (χ4v) is 2.94. The summed E-state index contributed by atoms with van der Waals surface area (Å²) < 4.78 is 8.69. The van der Waals surface area contributed by atoms with Gasteiger partial charge in [0.2, 0.25) is 0 Å². The Morgan fingerprint density at radius 2 is 2.05 bits per heavy atom. The monoisotopic (exact) mass is 336 g/mol. The number of rotatable bonds is 6. The second-order valence-electron chi connectivity index (χ2n) is 4.80. The number of fused-ring (bicyclic) bond motifs is 1. The van der Waals surface area contributed by atoms with Crippen LogP contribution in [-0.4, -0.2) is 44.5 Å². The van der Waals surface area contributed by atoms with E-state index in [1.807, 2.05) is 13.8 Å². The fraction of sp³-hybridized carbons (Fsp3) is 0.571. The third-order valence-corrected chi connectivity index (χ3v) is 4.11. The van der Waals surface area contributed by atoms with Crippen molar-refractivity contribution in [3.8, 4) is 0 Å². The average molecular weight is 336 g/mol. The molecule has 0 fully saturated rings. The molecule has 0 unspecified atom stereocenters. The normalized spacial score (nSPS) is 11.4. The zero-order valence-corrected chi connectivity index (χ0v) is 14.2. The zero-order valence-electron chi connectivity index (χ0n) is 12.3. The minimum absolute atomic E-state index is 0.528. The summed E-state index contributed by atoms with van der Waals surface area (Å²) in [6.45, 7) is 8.88. The first-order valence-corrected chi connectivity index (χ1v) is 7.87. The molecule has 2 rings (SSSR count). The van der Waals surface area contributed by atoms with E-state index in [9.17, 15) is 0 Å². The van der Waals surface area contributed by atoms with E-state index in [1.54, 1.807) is 0 Å². The molecule has 0 spiro atoms. The minimum atomic E-state index is 0.528. The molecule has 0 amide bonds. The van der Waals surface area contributed by atoms with Gasteiger partial charge in [0.25, 0.3) is 0 Å². The first-order valence-electron chi connectivity index (χ1n) is 6.93. The number of nitrogens with zero attached hydrogens (tertiary/aromatic N) is 3. The molecule has 2 radical (unpaired) electrons. The van der Waals surface area contributed by atoms with Gasteiger partial charge in [-0.2, -0.15) is 0 Å². The third-order valence-electron chi connectivity index (χ3n) is 3.45. The summed E-state index contributed by atoms with van der Waals surface area (Å²) in [5.74, 6) is 0.957. The van der Waals surface area contributed by atoms with Crippen molar-refractivity contribution in [3.05, 3.63) is 17.1 Å². The van der Waals surface area contributed by atoms with E-state index in [1.165, 1.54) is 5.56 Å². The van der Waals surface area contributed by atoms with E-state index in [0.717, 1.165) is 40.0 Å². The molecule has 0 saturated heterocycles. The van der Waals surface area contributed by atoms with Crippen molar-refractivity contribution in [2.45, 2.75) is 40.3 Å². The van der Waals surface area contributed by atoms with Gasteiger partial charge in [0.05, 0.1) is 0 Å². The molecule has 0 aliphatic heterocycles. The maximum atomic E-state index is 5.66. The Labute approximate surface area is 128 Å². The summed E-state index contributed by atoms with van der Waals surface area (Å²) in [5, 5.41) is 0. The predicted molar refractivity (Wildman–Crippen MR) is 81.4 cm³/mol. The van der Waals surface area contributed by atoms with Gasteiger partial charge in [0, 0.05) is 0 Å². The molecule has 5 nitrogen and oxygen atoms in total. The molecule has 2 aromatic rings. The molecule has 0 aliphatic rings. The molecule has 0 aromatic carbocycles. The van der Waals surface area contributed by atoms with Crippen LogP contribution in [0, 0.1) is 13.8 Å². The fourth-order valence-electron chi connectivity index (χ4n) is 2.30. The third kappa shape index (κ3) is 2.90. The molecule has 6 heteroatoms. The summed E-state index contributed by atoms with van der Waals surface area (Å²) in [5.41, 5.74) is 10.0. The number of hydrogen-bond donors (Lipinski definition) is 1. The van der Waals surface area contributed by atoms with Gasteiger partial charge in [-0.15, -0.1) is 0 Å². The first-order chi connectivity index (χ1) is 9.60. The van der Waals surface area contributed by atoms with E-state index >= 15 is 0 Å². The van der Waals surface area contributed by atoms with Crippen molar-refractivity contribution < 1.29 is 4.74 Å². The van der Waals surface area contributed by atoms with Gasteiger partial charge in [0.1, 0.15) is 0 Å². The standard InChI is InChI=1S/C14H21AsN4O/c1-4-20-8-11-18-12-13(19(11)7-5-6-16)9(2)10(3)17-14(12)15/h4-8,16H2,1-3H3. The van der Waals surface area contributed by atoms with E-state index in [-0.39, 0.29) is 0 Å². The number of ether oxygens (including phenoxy) is 1. The van der Waals surface area contributed by atoms with Gasteiger partial charge in [-0.05, 0) is 0 Å². The molecule has 2 heterocycles. The van der Waals surface area contributed by atoms with Crippen molar-refractivity contribution in [2.75, 3.05) is 13.2 Å². The second kappa shape index (κ2) is 6.70. The molecule has 0 bridgehead atoms. The summed E-state index contributed by atoms with van der Waals surface area (Å²) in [7, 11) is 0. The van der Waals surface area contributed by atoms with Crippen LogP contribution in [0.25, 0.3) is 11.0 Å². The van der Waals surface area contributed by atoms with E-state index in [4.69, 9.17) is 15.5 Å². The Balaban J connectivity index is 2.60. The van der Waals surface area contributed by atoms with Crippen LogP contribution in [-0.2, 0) is 17.9 Å². The number of hydrogen-bond acceptors (Lipinski definition) is 4. The van der Waals surface area contributed by atoms with Crippen LogP contribution >= 0.6 is 0 Å². The molecular formula is C14H21AsN4O. The van der Waals surface area contributed by atoms with Crippen molar-refractivity contribution >= 4 is 32.4 Å². The van der Waals surface area contributed by atoms with Crippen LogP contribution in [0.5, 0.6) is 0 Å². The Bertz CT molecular complexity index is 609. The summed E-state index contributed by atoms with van der Waals surface area (Å²) in [6.07, 6.45) is 0.930. The Morgan fingerprint density at radius 3 is 2.70 bits per heavy atom. The number of aromatic nitrogens is 3. The molecule has 0 aliphatic carbocycles. The van der Waals surface area contributed by atoms with Crippen LogP contribution in [0.4, 0.5) is 0 Å². The summed E-state index contributed by atoms with van der Waals surface area (Å²) >= 11 is 2.51. The van der Waals surface area contributed by atoms with Gasteiger partial charge in [-0.25, -0.2) is 0 Å². The molecular weight excluding hydrogens is 315 g/mol. The van der Waals surface area contributed by atoms with Gasteiger partial charge in [-0.1, -0.05) is 0 Å². The van der Waals surface area contributed by atoms with Crippen LogP contribution in [0.15, 0.2) is 0 Å². The molecule has 2 N–H and O–H groups in total. The Kier molecular flexibility index (Phi) is 5.19. The molecule has 20 heavy (non-hydrogen) atoms. The number of pyridine rings is 1. The van der Waals surface area contributed by atoms with Crippen molar-refractivity contribution in [3.63, 3.8) is 0 Å². The maximum absolute atomic E-state index is 5.66. The molecule has 2 aromatic heterocycles. The molecule has 108 valence electrons.